The summed E-state index contributed by atoms with van der Waals surface area (Å²) in [6.45, 7) is 1.92. The van der Waals surface area contributed by atoms with E-state index in [-0.39, 0.29) is 11.9 Å². The largest absolute Gasteiger partial charge is 0.372 e. The predicted molar refractivity (Wildman–Crippen MR) is 106 cm³/mol. The average Bonchev–Trinajstić information content (AvgIpc) is 3.50. The van der Waals surface area contributed by atoms with E-state index in [1.807, 2.05) is 23.1 Å². The van der Waals surface area contributed by atoms with E-state index in [0.29, 0.717) is 44.0 Å². The number of tetrazole rings is 1. The Balaban J connectivity index is 1.36. The number of ether oxygens (including phenoxy) is 1. The molecular formula is C21H20F2N6O2. The van der Waals surface area contributed by atoms with Crippen molar-refractivity contribution >= 4 is 11.6 Å². The molecule has 0 bridgehead atoms. The summed E-state index contributed by atoms with van der Waals surface area (Å²) in [6.07, 6.45) is 2.01. The third kappa shape index (κ3) is 4.04. The van der Waals surface area contributed by atoms with Gasteiger partial charge in [0, 0.05) is 18.8 Å². The molecule has 3 aromatic rings. The second kappa shape index (κ2) is 8.12. The van der Waals surface area contributed by atoms with Crippen molar-refractivity contribution in [2.45, 2.75) is 38.3 Å². The van der Waals surface area contributed by atoms with Crippen LogP contribution < -0.4 is 5.32 Å². The number of carbonyl (C=O) groups excluding carboxylic acids is 1. The summed E-state index contributed by atoms with van der Waals surface area (Å²) in [4.78, 5) is 15.1. The Morgan fingerprint density at radius 1 is 1.13 bits per heavy atom. The predicted octanol–water partition coefficient (Wildman–Crippen LogP) is 2.44. The van der Waals surface area contributed by atoms with Crippen molar-refractivity contribution in [1.82, 2.24) is 25.1 Å². The van der Waals surface area contributed by atoms with Crippen LogP contribution in [-0.4, -0.2) is 43.6 Å². The minimum atomic E-state index is -0.907. The zero-order valence-electron chi connectivity index (χ0n) is 16.5. The summed E-state index contributed by atoms with van der Waals surface area (Å²) in [6, 6.07) is 8.94. The summed E-state index contributed by atoms with van der Waals surface area (Å²) in [7, 11) is 0. The first-order valence-electron chi connectivity index (χ1n) is 9.97. The number of anilines is 1. The maximum absolute atomic E-state index is 13.7. The fourth-order valence-electron chi connectivity index (χ4n) is 4.20. The molecule has 2 atom stereocenters. The number of aromatic nitrogens is 4. The molecule has 0 aliphatic carbocycles. The molecule has 1 aromatic heterocycles. The Morgan fingerprint density at radius 2 is 2.00 bits per heavy atom. The van der Waals surface area contributed by atoms with Gasteiger partial charge in [-0.25, -0.2) is 13.5 Å². The molecule has 0 unspecified atom stereocenters. The van der Waals surface area contributed by atoms with Crippen LogP contribution in [0.4, 0.5) is 14.5 Å². The molecule has 1 amide bonds. The second-order valence-electron chi connectivity index (χ2n) is 7.84. The average molecular weight is 426 g/mol. The molecule has 10 heteroatoms. The van der Waals surface area contributed by atoms with E-state index in [1.54, 1.807) is 4.68 Å². The number of carbonyl (C=O) groups is 1. The molecule has 160 valence electrons. The Morgan fingerprint density at radius 3 is 2.81 bits per heavy atom. The fraction of sp³-hybridized carbons (Fsp3) is 0.333. The Hall–Kier alpha value is -3.24. The van der Waals surface area contributed by atoms with Crippen LogP contribution in [0.2, 0.25) is 0 Å². The molecule has 2 aliphatic heterocycles. The summed E-state index contributed by atoms with van der Waals surface area (Å²) in [5.41, 5.74) is 3.48. The zero-order chi connectivity index (χ0) is 21.4. The van der Waals surface area contributed by atoms with Crippen molar-refractivity contribution in [3.8, 4) is 0 Å². The first kappa shape index (κ1) is 19.7. The highest BCUT2D eigenvalue weighted by molar-refractivity contribution is 5.95. The third-order valence-electron chi connectivity index (χ3n) is 5.78. The van der Waals surface area contributed by atoms with Crippen molar-refractivity contribution in [2.75, 3.05) is 11.9 Å². The second-order valence-corrected chi connectivity index (χ2v) is 7.84. The zero-order valence-corrected chi connectivity index (χ0v) is 16.5. The van der Waals surface area contributed by atoms with Crippen molar-refractivity contribution in [1.29, 1.82) is 0 Å². The number of likely N-dealkylation sites (tertiary alicyclic amines) is 1. The highest BCUT2D eigenvalue weighted by Crippen LogP contribution is 2.30. The summed E-state index contributed by atoms with van der Waals surface area (Å²) in [5, 5.41) is 14.3. The number of rotatable bonds is 5. The molecule has 1 fully saturated rings. The van der Waals surface area contributed by atoms with Gasteiger partial charge in [-0.3, -0.25) is 9.69 Å². The number of amides is 1. The maximum Gasteiger partial charge on any atom is 0.241 e. The lowest BCUT2D eigenvalue weighted by Crippen LogP contribution is -2.39. The van der Waals surface area contributed by atoms with Gasteiger partial charge in [0.1, 0.15) is 6.33 Å². The molecule has 2 aromatic carbocycles. The molecule has 0 radical (unpaired) electrons. The summed E-state index contributed by atoms with van der Waals surface area (Å²) >= 11 is 0. The van der Waals surface area contributed by atoms with Gasteiger partial charge in [-0.15, -0.1) is 5.10 Å². The van der Waals surface area contributed by atoms with Crippen molar-refractivity contribution in [3.63, 3.8) is 0 Å². The lowest BCUT2D eigenvalue weighted by atomic mass is 10.1. The molecule has 5 rings (SSSR count). The topological polar surface area (TPSA) is 85.2 Å². The monoisotopic (exact) mass is 426 g/mol. The number of hydrogen-bond donors (Lipinski definition) is 1. The van der Waals surface area contributed by atoms with Crippen molar-refractivity contribution in [3.05, 3.63) is 71.1 Å². The minimum Gasteiger partial charge on any atom is -0.372 e. The van der Waals surface area contributed by atoms with Gasteiger partial charge in [0.15, 0.2) is 11.6 Å². The van der Waals surface area contributed by atoms with Gasteiger partial charge in [-0.05, 0) is 57.8 Å². The molecule has 1 N–H and O–H groups in total. The molecule has 8 nitrogen and oxygen atoms in total. The number of halogens is 2. The van der Waals surface area contributed by atoms with E-state index in [4.69, 9.17) is 4.74 Å². The van der Waals surface area contributed by atoms with Crippen LogP contribution in [-0.2, 0) is 29.3 Å². The lowest BCUT2D eigenvalue weighted by molar-refractivity contribution is -0.120. The van der Waals surface area contributed by atoms with Gasteiger partial charge in [0.05, 0.1) is 25.3 Å². The molecular weight excluding hydrogens is 406 g/mol. The van der Waals surface area contributed by atoms with Gasteiger partial charge >= 0.3 is 0 Å². The van der Waals surface area contributed by atoms with E-state index in [9.17, 15) is 13.6 Å². The lowest BCUT2D eigenvalue weighted by Gasteiger charge is -2.23. The van der Waals surface area contributed by atoms with Crippen LogP contribution in [0.1, 0.15) is 29.2 Å². The number of hydrogen-bond acceptors (Lipinski definition) is 6. The first-order valence-corrected chi connectivity index (χ1v) is 9.97. The fourth-order valence-corrected chi connectivity index (χ4v) is 4.20. The number of benzene rings is 2. The number of nitrogens with one attached hydrogen (secondary N) is 1. The molecule has 3 heterocycles. The quantitative estimate of drug-likeness (QED) is 0.675. The molecule has 0 spiro atoms. The standard InChI is InChI=1S/C21H20F2N6O2/c22-18-4-1-13(5-19(18)23)8-28-9-17(29-12-24-26-27-29)7-20(28)21(30)25-16-3-2-14-10-31-11-15(14)6-16/h1-6,12,17,20H,7-11H2,(H,25,30)/t17-,20+/m1/s1. The van der Waals surface area contributed by atoms with Gasteiger partial charge in [0.25, 0.3) is 0 Å². The molecule has 2 aliphatic rings. The number of fused-ring (bicyclic) bond motifs is 1. The van der Waals surface area contributed by atoms with Gasteiger partial charge < -0.3 is 10.1 Å². The van der Waals surface area contributed by atoms with Gasteiger partial charge in [-0.1, -0.05) is 12.1 Å². The highest BCUT2D eigenvalue weighted by atomic mass is 19.2. The number of nitrogens with zero attached hydrogens (tertiary/aromatic N) is 5. The molecule has 0 saturated carbocycles. The molecule has 31 heavy (non-hydrogen) atoms. The van der Waals surface area contributed by atoms with Crippen LogP contribution in [0.15, 0.2) is 42.7 Å². The Labute approximate surface area is 176 Å². The summed E-state index contributed by atoms with van der Waals surface area (Å²) in [5.74, 6) is -1.97. The van der Waals surface area contributed by atoms with E-state index in [0.717, 1.165) is 23.3 Å². The van der Waals surface area contributed by atoms with Crippen LogP contribution in [0.3, 0.4) is 0 Å². The first-order chi connectivity index (χ1) is 15.1. The van der Waals surface area contributed by atoms with E-state index >= 15 is 0 Å². The van der Waals surface area contributed by atoms with Gasteiger partial charge in [-0.2, -0.15) is 0 Å². The SMILES string of the molecule is O=C(Nc1ccc2c(c1)COC2)[C@@H]1C[C@@H](n2cnnn2)CN1Cc1ccc(F)c(F)c1. The Bertz CT molecular complexity index is 1110. The van der Waals surface area contributed by atoms with E-state index in [1.165, 1.54) is 12.4 Å². The highest BCUT2D eigenvalue weighted by Gasteiger charge is 2.38. The minimum absolute atomic E-state index is 0.107. The summed E-state index contributed by atoms with van der Waals surface area (Å²) < 4.78 is 34.1. The Kier molecular flexibility index (Phi) is 5.16. The third-order valence-corrected chi connectivity index (χ3v) is 5.78. The smallest absolute Gasteiger partial charge is 0.241 e. The van der Waals surface area contributed by atoms with E-state index in [2.05, 4.69) is 20.8 Å². The van der Waals surface area contributed by atoms with Gasteiger partial charge in [0.2, 0.25) is 5.91 Å². The normalized spacial score (nSPS) is 20.7. The van der Waals surface area contributed by atoms with E-state index < -0.39 is 17.7 Å². The van der Waals surface area contributed by atoms with Crippen molar-refractivity contribution < 1.29 is 18.3 Å². The molecule has 1 saturated heterocycles. The van der Waals surface area contributed by atoms with Crippen LogP contribution in [0.5, 0.6) is 0 Å². The van der Waals surface area contributed by atoms with Crippen LogP contribution in [0, 0.1) is 11.6 Å². The van der Waals surface area contributed by atoms with Crippen LogP contribution >= 0.6 is 0 Å². The van der Waals surface area contributed by atoms with Crippen LogP contribution in [0.25, 0.3) is 0 Å². The van der Waals surface area contributed by atoms with Crippen molar-refractivity contribution in [2.24, 2.45) is 0 Å². The maximum atomic E-state index is 13.7.